The van der Waals surface area contributed by atoms with E-state index >= 15 is 0 Å². The van der Waals surface area contributed by atoms with Crippen LogP contribution in [-0.2, 0) is 4.74 Å². The molecule has 1 fully saturated rings. The van der Waals surface area contributed by atoms with E-state index in [1.807, 2.05) is 12.1 Å². The maximum Gasteiger partial charge on any atom is 0.209 e. The van der Waals surface area contributed by atoms with Gasteiger partial charge in [-0.3, -0.25) is 0 Å². The van der Waals surface area contributed by atoms with Crippen molar-refractivity contribution in [3.63, 3.8) is 0 Å². The minimum absolute atomic E-state index is 0. The van der Waals surface area contributed by atoms with Gasteiger partial charge in [0.05, 0.1) is 44.8 Å². The van der Waals surface area contributed by atoms with Crippen LogP contribution in [0.5, 0.6) is 5.75 Å². The fourth-order valence-corrected chi connectivity index (χ4v) is 4.34. The van der Waals surface area contributed by atoms with Crippen LogP contribution in [-0.4, -0.2) is 38.1 Å². The zero-order valence-electron chi connectivity index (χ0n) is 16.9. The Morgan fingerprint density at radius 2 is 1.86 bits per heavy atom. The standard InChI is InChI=1S/C22H25N3O2S.BrH/c1-16-7-8-20(17(2)13-16)23-22-25(24-9-11-27-12-10-24)21(15-28-22)18-5-4-6-19(14-18)26-3;/h4-8,13-15H,9-12H2,1-3H3;1H. The number of hydrogen-bond donors (Lipinski definition) is 0. The number of hydrogen-bond acceptors (Lipinski definition) is 5. The molecule has 29 heavy (non-hydrogen) atoms. The average molecular weight is 476 g/mol. The summed E-state index contributed by atoms with van der Waals surface area (Å²) in [5.41, 5.74) is 5.68. The SMILES string of the molecule is Br.COc1cccc(-c2csc(=Nc3ccc(C)cc3C)n2N2CCOCC2)c1. The zero-order valence-corrected chi connectivity index (χ0v) is 19.5. The number of morpholine rings is 1. The number of benzene rings is 2. The maximum atomic E-state index is 5.57. The lowest BCUT2D eigenvalue weighted by Gasteiger charge is -2.31. The summed E-state index contributed by atoms with van der Waals surface area (Å²) in [6, 6.07) is 14.6. The van der Waals surface area contributed by atoms with Crippen LogP contribution in [0, 0.1) is 13.8 Å². The molecule has 1 aliphatic heterocycles. The molecule has 1 aliphatic rings. The number of aromatic nitrogens is 1. The number of aryl methyl sites for hydroxylation is 2. The molecule has 7 heteroatoms. The zero-order chi connectivity index (χ0) is 19.5. The third kappa shape index (κ3) is 4.74. The third-order valence-electron chi connectivity index (χ3n) is 4.89. The summed E-state index contributed by atoms with van der Waals surface area (Å²) in [7, 11) is 1.70. The van der Waals surface area contributed by atoms with E-state index in [1.54, 1.807) is 18.4 Å². The van der Waals surface area contributed by atoms with Gasteiger partial charge in [0.2, 0.25) is 4.80 Å². The van der Waals surface area contributed by atoms with E-state index in [4.69, 9.17) is 14.5 Å². The van der Waals surface area contributed by atoms with Crippen molar-refractivity contribution >= 4 is 34.0 Å². The molecule has 0 unspecified atom stereocenters. The molecule has 0 radical (unpaired) electrons. The first-order valence-electron chi connectivity index (χ1n) is 9.45. The highest BCUT2D eigenvalue weighted by atomic mass is 79.9. The minimum atomic E-state index is 0. The lowest BCUT2D eigenvalue weighted by molar-refractivity contribution is 0.111. The molecule has 1 saturated heterocycles. The highest BCUT2D eigenvalue weighted by Gasteiger charge is 2.18. The number of rotatable bonds is 4. The van der Waals surface area contributed by atoms with Gasteiger partial charge in [0.15, 0.2) is 0 Å². The average Bonchev–Trinajstić information content (AvgIpc) is 3.14. The largest absolute Gasteiger partial charge is 0.497 e. The first-order valence-corrected chi connectivity index (χ1v) is 10.3. The molecule has 4 rings (SSSR count). The second-order valence-electron chi connectivity index (χ2n) is 6.92. The van der Waals surface area contributed by atoms with Crippen molar-refractivity contribution in [2.45, 2.75) is 13.8 Å². The van der Waals surface area contributed by atoms with Crippen LogP contribution in [0.3, 0.4) is 0 Å². The van der Waals surface area contributed by atoms with E-state index in [0.29, 0.717) is 0 Å². The molecule has 0 bridgehead atoms. The summed E-state index contributed by atoms with van der Waals surface area (Å²) in [4.78, 5) is 5.98. The van der Waals surface area contributed by atoms with Crippen molar-refractivity contribution in [2.75, 3.05) is 38.4 Å². The Balaban J connectivity index is 0.00000240. The number of nitrogens with zero attached hydrogens (tertiary/aromatic N) is 3. The van der Waals surface area contributed by atoms with E-state index in [1.165, 1.54) is 11.1 Å². The van der Waals surface area contributed by atoms with Crippen molar-refractivity contribution in [3.05, 3.63) is 63.8 Å². The van der Waals surface area contributed by atoms with Gasteiger partial charge in [-0.2, -0.15) is 0 Å². The van der Waals surface area contributed by atoms with Crippen molar-refractivity contribution in [1.29, 1.82) is 0 Å². The second kappa shape index (κ2) is 9.61. The van der Waals surface area contributed by atoms with Crippen LogP contribution in [0.15, 0.2) is 52.8 Å². The molecule has 0 N–H and O–H groups in total. The lowest BCUT2D eigenvalue weighted by atomic mass is 10.1. The van der Waals surface area contributed by atoms with Crippen LogP contribution in [0.4, 0.5) is 5.69 Å². The highest BCUT2D eigenvalue weighted by molar-refractivity contribution is 8.93. The van der Waals surface area contributed by atoms with E-state index < -0.39 is 0 Å². The predicted molar refractivity (Wildman–Crippen MR) is 125 cm³/mol. The minimum Gasteiger partial charge on any atom is -0.497 e. The monoisotopic (exact) mass is 475 g/mol. The van der Waals surface area contributed by atoms with Crippen LogP contribution in [0.1, 0.15) is 11.1 Å². The first-order chi connectivity index (χ1) is 13.7. The highest BCUT2D eigenvalue weighted by Crippen LogP contribution is 2.26. The molecule has 2 heterocycles. The Morgan fingerprint density at radius 1 is 1.07 bits per heavy atom. The summed E-state index contributed by atoms with van der Waals surface area (Å²) in [6.45, 7) is 7.35. The van der Waals surface area contributed by atoms with Crippen molar-refractivity contribution in [3.8, 4) is 17.0 Å². The van der Waals surface area contributed by atoms with Crippen LogP contribution in [0.2, 0.25) is 0 Å². The number of halogens is 1. The number of ether oxygens (including phenoxy) is 2. The molecule has 3 aromatic rings. The van der Waals surface area contributed by atoms with Crippen molar-refractivity contribution < 1.29 is 9.47 Å². The normalized spacial score (nSPS) is 14.6. The van der Waals surface area contributed by atoms with Crippen LogP contribution < -0.4 is 14.5 Å². The van der Waals surface area contributed by atoms with Gasteiger partial charge >= 0.3 is 0 Å². The quantitative estimate of drug-likeness (QED) is 0.552. The molecule has 1 aromatic heterocycles. The Morgan fingerprint density at radius 3 is 2.59 bits per heavy atom. The molecular formula is C22H26BrN3O2S. The van der Waals surface area contributed by atoms with Gasteiger partial charge in [-0.1, -0.05) is 29.8 Å². The summed E-state index contributed by atoms with van der Waals surface area (Å²) in [5, 5.41) is 4.49. The summed E-state index contributed by atoms with van der Waals surface area (Å²) < 4.78 is 13.2. The molecule has 0 amide bonds. The van der Waals surface area contributed by atoms with E-state index in [0.717, 1.165) is 53.8 Å². The Hall–Kier alpha value is -2.09. The Bertz CT molecular complexity index is 1040. The molecule has 0 atom stereocenters. The molecule has 2 aromatic carbocycles. The number of methoxy groups -OCH3 is 1. The Labute approximate surface area is 186 Å². The van der Waals surface area contributed by atoms with Gasteiger partial charge in [0.25, 0.3) is 0 Å². The van der Waals surface area contributed by atoms with E-state index in [-0.39, 0.29) is 17.0 Å². The van der Waals surface area contributed by atoms with Crippen LogP contribution >= 0.6 is 28.3 Å². The fraction of sp³-hybridized carbons (Fsp3) is 0.318. The molecule has 0 saturated carbocycles. The summed E-state index contributed by atoms with van der Waals surface area (Å²) in [6.07, 6.45) is 0. The van der Waals surface area contributed by atoms with Crippen LogP contribution in [0.25, 0.3) is 11.3 Å². The van der Waals surface area contributed by atoms with Gasteiger partial charge in [0.1, 0.15) is 5.75 Å². The first kappa shape index (κ1) is 21.6. The molecule has 154 valence electrons. The summed E-state index contributed by atoms with van der Waals surface area (Å²) >= 11 is 1.66. The molecule has 5 nitrogen and oxygen atoms in total. The van der Waals surface area contributed by atoms with E-state index in [9.17, 15) is 0 Å². The van der Waals surface area contributed by atoms with Gasteiger partial charge in [-0.15, -0.1) is 28.3 Å². The smallest absolute Gasteiger partial charge is 0.209 e. The third-order valence-corrected chi connectivity index (χ3v) is 5.71. The Kier molecular flexibility index (Phi) is 7.16. The number of thiazole rings is 1. The predicted octanol–water partition coefficient (Wildman–Crippen LogP) is 4.62. The summed E-state index contributed by atoms with van der Waals surface area (Å²) in [5.74, 6) is 0.852. The van der Waals surface area contributed by atoms with E-state index in [2.05, 4.69) is 59.2 Å². The van der Waals surface area contributed by atoms with Gasteiger partial charge < -0.3 is 14.5 Å². The molecule has 0 aliphatic carbocycles. The van der Waals surface area contributed by atoms with Crippen molar-refractivity contribution in [1.82, 2.24) is 4.68 Å². The van der Waals surface area contributed by atoms with Crippen molar-refractivity contribution in [2.24, 2.45) is 4.99 Å². The van der Waals surface area contributed by atoms with Gasteiger partial charge in [-0.05, 0) is 37.6 Å². The molecule has 0 spiro atoms. The van der Waals surface area contributed by atoms with Gasteiger partial charge in [-0.25, -0.2) is 9.67 Å². The lowest BCUT2D eigenvalue weighted by Crippen LogP contribution is -2.48. The van der Waals surface area contributed by atoms with Gasteiger partial charge in [0, 0.05) is 10.9 Å². The topological polar surface area (TPSA) is 39.0 Å². The fourth-order valence-electron chi connectivity index (χ4n) is 3.42. The second-order valence-corrected chi connectivity index (χ2v) is 7.75. The maximum absolute atomic E-state index is 5.57. The molecular weight excluding hydrogens is 450 g/mol.